The van der Waals surface area contributed by atoms with E-state index in [0.717, 1.165) is 30.4 Å². The summed E-state index contributed by atoms with van der Waals surface area (Å²) in [6, 6.07) is 5.01. The van der Waals surface area contributed by atoms with Crippen LogP contribution >= 0.6 is 0 Å². The highest BCUT2D eigenvalue weighted by Gasteiger charge is 2.18. The summed E-state index contributed by atoms with van der Waals surface area (Å²) < 4.78 is 10.8. The van der Waals surface area contributed by atoms with Crippen LogP contribution in [-0.4, -0.2) is 17.2 Å². The average Bonchev–Trinajstić information content (AvgIpc) is 2.43. The first kappa shape index (κ1) is 16.1. The maximum absolute atomic E-state index is 11.7. The van der Waals surface area contributed by atoms with Gasteiger partial charge in [0.05, 0.1) is 5.39 Å². The lowest BCUT2D eigenvalue weighted by molar-refractivity contribution is -0.144. The molecule has 0 radical (unpaired) electrons. The first-order chi connectivity index (χ1) is 10.4. The van der Waals surface area contributed by atoms with E-state index in [2.05, 4.69) is 6.92 Å². The monoisotopic (exact) mass is 304 g/mol. The molecule has 118 valence electrons. The Balaban J connectivity index is 2.62. The molecule has 5 nitrogen and oxygen atoms in total. The van der Waals surface area contributed by atoms with Crippen LogP contribution < -0.4 is 10.4 Å². The lowest BCUT2D eigenvalue weighted by Gasteiger charge is -2.15. The van der Waals surface area contributed by atoms with Gasteiger partial charge in [-0.2, -0.15) is 0 Å². The van der Waals surface area contributed by atoms with Crippen molar-refractivity contribution in [2.75, 3.05) is 0 Å². The van der Waals surface area contributed by atoms with Crippen LogP contribution in [0.2, 0.25) is 0 Å². The largest absolute Gasteiger partial charge is 0.479 e. The molecule has 2 rings (SSSR count). The van der Waals surface area contributed by atoms with Crippen molar-refractivity contribution in [3.8, 4) is 5.75 Å². The number of rotatable bonds is 6. The average molecular weight is 304 g/mol. The number of aryl methyl sites for hydroxylation is 2. The van der Waals surface area contributed by atoms with Gasteiger partial charge in [-0.15, -0.1) is 0 Å². The predicted octanol–water partition coefficient (Wildman–Crippen LogP) is 3.30. The molecule has 1 aromatic carbocycles. The van der Waals surface area contributed by atoms with Gasteiger partial charge in [0.2, 0.25) is 0 Å². The van der Waals surface area contributed by atoms with E-state index in [1.165, 1.54) is 13.0 Å². The SMILES string of the molecule is CCCCc1cc(=O)oc2cc(C)cc(O[C@@H](C)C(=O)O)c12. The molecule has 0 unspecified atom stereocenters. The molecule has 1 heterocycles. The molecule has 0 amide bonds. The van der Waals surface area contributed by atoms with Gasteiger partial charge in [0.25, 0.3) is 0 Å². The fourth-order valence-corrected chi connectivity index (χ4v) is 2.37. The third-order valence-electron chi connectivity index (χ3n) is 3.49. The second kappa shape index (κ2) is 6.64. The quantitative estimate of drug-likeness (QED) is 0.829. The zero-order valence-corrected chi connectivity index (χ0v) is 13.0. The Hall–Kier alpha value is -2.30. The van der Waals surface area contributed by atoms with E-state index in [9.17, 15) is 9.59 Å². The Morgan fingerprint density at radius 1 is 1.36 bits per heavy atom. The molecule has 0 aliphatic heterocycles. The first-order valence-electron chi connectivity index (χ1n) is 7.39. The summed E-state index contributed by atoms with van der Waals surface area (Å²) in [5.74, 6) is -0.595. The fourth-order valence-electron chi connectivity index (χ4n) is 2.37. The van der Waals surface area contributed by atoms with E-state index < -0.39 is 17.7 Å². The molecule has 0 fully saturated rings. The van der Waals surface area contributed by atoms with Gasteiger partial charge in [-0.05, 0) is 49.9 Å². The summed E-state index contributed by atoms with van der Waals surface area (Å²) in [5, 5.41) is 9.73. The van der Waals surface area contributed by atoms with Crippen LogP contribution in [0.1, 0.15) is 37.8 Å². The molecule has 5 heteroatoms. The molecule has 1 aromatic heterocycles. The van der Waals surface area contributed by atoms with Crippen molar-refractivity contribution in [2.45, 2.75) is 46.1 Å². The summed E-state index contributed by atoms with van der Waals surface area (Å²) in [7, 11) is 0. The summed E-state index contributed by atoms with van der Waals surface area (Å²) in [6.07, 6.45) is 1.67. The number of unbranched alkanes of at least 4 members (excludes halogenated alkanes) is 1. The third-order valence-corrected chi connectivity index (χ3v) is 3.49. The Morgan fingerprint density at radius 3 is 2.73 bits per heavy atom. The number of ether oxygens (including phenoxy) is 1. The number of hydrogen-bond donors (Lipinski definition) is 1. The minimum absolute atomic E-state index is 0.401. The Kier molecular flexibility index (Phi) is 4.85. The smallest absolute Gasteiger partial charge is 0.344 e. The highest BCUT2D eigenvalue weighted by Crippen LogP contribution is 2.31. The minimum atomic E-state index is -1.04. The first-order valence-corrected chi connectivity index (χ1v) is 7.39. The molecule has 2 aromatic rings. The standard InChI is InChI=1S/C17H20O5/c1-4-5-6-12-9-15(18)22-14-8-10(2)7-13(16(12)14)21-11(3)17(19)20/h7-9,11H,4-6H2,1-3H3,(H,19,20)/t11-/m0/s1. The van der Waals surface area contributed by atoms with Gasteiger partial charge in [-0.1, -0.05) is 13.3 Å². The van der Waals surface area contributed by atoms with Crippen LogP contribution in [0.3, 0.4) is 0 Å². The lowest BCUT2D eigenvalue weighted by Crippen LogP contribution is -2.23. The molecule has 0 aliphatic rings. The maximum Gasteiger partial charge on any atom is 0.344 e. The van der Waals surface area contributed by atoms with Gasteiger partial charge in [0, 0.05) is 6.07 Å². The molecule has 0 bridgehead atoms. The number of carbonyl (C=O) groups is 1. The molecule has 0 spiro atoms. The number of aliphatic carboxylic acids is 1. The topological polar surface area (TPSA) is 76.7 Å². The van der Waals surface area contributed by atoms with Crippen molar-refractivity contribution in [1.29, 1.82) is 0 Å². The summed E-state index contributed by atoms with van der Waals surface area (Å²) >= 11 is 0. The summed E-state index contributed by atoms with van der Waals surface area (Å²) in [5.41, 5.74) is 1.71. The zero-order valence-electron chi connectivity index (χ0n) is 13.0. The van der Waals surface area contributed by atoms with E-state index in [4.69, 9.17) is 14.3 Å². The van der Waals surface area contributed by atoms with Crippen molar-refractivity contribution in [3.63, 3.8) is 0 Å². The molecular formula is C17H20O5. The van der Waals surface area contributed by atoms with E-state index in [0.29, 0.717) is 16.7 Å². The summed E-state index contributed by atoms with van der Waals surface area (Å²) in [4.78, 5) is 22.8. The maximum atomic E-state index is 11.7. The molecule has 0 saturated carbocycles. The van der Waals surface area contributed by atoms with Crippen molar-refractivity contribution in [1.82, 2.24) is 0 Å². The van der Waals surface area contributed by atoms with E-state index in [1.54, 1.807) is 12.1 Å². The normalized spacial score (nSPS) is 12.3. The number of benzene rings is 1. The second-order valence-corrected chi connectivity index (χ2v) is 5.43. The molecule has 1 atom stereocenters. The van der Waals surface area contributed by atoms with Crippen LogP contribution in [-0.2, 0) is 11.2 Å². The van der Waals surface area contributed by atoms with Crippen LogP contribution in [0.4, 0.5) is 0 Å². The second-order valence-electron chi connectivity index (χ2n) is 5.43. The van der Waals surface area contributed by atoms with Gasteiger partial charge in [0.15, 0.2) is 6.10 Å². The van der Waals surface area contributed by atoms with Gasteiger partial charge in [0.1, 0.15) is 11.3 Å². The Morgan fingerprint density at radius 2 is 2.09 bits per heavy atom. The molecule has 0 saturated heterocycles. The van der Waals surface area contributed by atoms with Crippen LogP contribution in [0, 0.1) is 6.92 Å². The van der Waals surface area contributed by atoms with Crippen LogP contribution in [0.5, 0.6) is 5.75 Å². The van der Waals surface area contributed by atoms with Crippen molar-refractivity contribution in [2.24, 2.45) is 0 Å². The van der Waals surface area contributed by atoms with Gasteiger partial charge < -0.3 is 14.3 Å². The van der Waals surface area contributed by atoms with Crippen molar-refractivity contribution < 1.29 is 19.1 Å². The third kappa shape index (κ3) is 3.47. The van der Waals surface area contributed by atoms with E-state index in [1.807, 2.05) is 6.92 Å². The summed E-state index contributed by atoms with van der Waals surface area (Å²) in [6.45, 7) is 5.39. The minimum Gasteiger partial charge on any atom is -0.479 e. The van der Waals surface area contributed by atoms with Crippen molar-refractivity contribution >= 4 is 16.9 Å². The lowest BCUT2D eigenvalue weighted by atomic mass is 10.0. The number of carboxylic acids is 1. The molecule has 0 aliphatic carbocycles. The molecule has 22 heavy (non-hydrogen) atoms. The Labute approximate surface area is 128 Å². The van der Waals surface area contributed by atoms with Gasteiger partial charge in [-0.25, -0.2) is 9.59 Å². The number of carboxylic acid groups (broad SMARTS) is 1. The van der Waals surface area contributed by atoms with Gasteiger partial charge in [-0.3, -0.25) is 0 Å². The fraction of sp³-hybridized carbons (Fsp3) is 0.412. The highest BCUT2D eigenvalue weighted by atomic mass is 16.5. The number of hydrogen-bond acceptors (Lipinski definition) is 4. The molecule has 1 N–H and O–H groups in total. The van der Waals surface area contributed by atoms with E-state index in [-0.39, 0.29) is 0 Å². The highest BCUT2D eigenvalue weighted by molar-refractivity contribution is 5.88. The van der Waals surface area contributed by atoms with Crippen molar-refractivity contribution in [3.05, 3.63) is 39.7 Å². The van der Waals surface area contributed by atoms with Crippen LogP contribution in [0.25, 0.3) is 11.0 Å². The predicted molar refractivity (Wildman–Crippen MR) is 83.6 cm³/mol. The van der Waals surface area contributed by atoms with Crippen LogP contribution in [0.15, 0.2) is 27.4 Å². The number of fused-ring (bicyclic) bond motifs is 1. The zero-order chi connectivity index (χ0) is 16.3. The van der Waals surface area contributed by atoms with E-state index >= 15 is 0 Å². The molecular weight excluding hydrogens is 284 g/mol. The Bertz CT molecular complexity index is 745. The van der Waals surface area contributed by atoms with Gasteiger partial charge >= 0.3 is 11.6 Å².